The van der Waals surface area contributed by atoms with E-state index in [-0.39, 0.29) is 0 Å². The fraction of sp³-hybridized carbons (Fsp3) is 0.375. The summed E-state index contributed by atoms with van der Waals surface area (Å²) in [6.07, 6.45) is 4.47. The van der Waals surface area contributed by atoms with Gasteiger partial charge in [0.1, 0.15) is 12.0 Å². The Morgan fingerprint density at radius 1 is 1.14 bits per heavy atom. The number of hydrogen-bond acceptors (Lipinski definition) is 5. The third-order valence-electron chi connectivity index (χ3n) is 3.08. The van der Waals surface area contributed by atoms with Crippen molar-refractivity contribution in [2.24, 2.45) is 0 Å². The third kappa shape index (κ3) is 3.84. The standard InChI is InChI=1S/C16H22N4O/c1-3-7-12-8-5-6-9-13(12)20-15-14(17)16(19-11-18-15)21-10-4-2/h5-6,8-9,11H,3-4,7,10,17H2,1-2H3,(H,18,19,20). The number of ether oxygens (including phenoxy) is 1. The van der Waals surface area contributed by atoms with E-state index >= 15 is 0 Å². The van der Waals surface area contributed by atoms with Gasteiger partial charge in [0.25, 0.3) is 0 Å². The number of nitrogens with two attached hydrogens (primary N) is 1. The van der Waals surface area contributed by atoms with Crippen LogP contribution in [0.1, 0.15) is 32.3 Å². The highest BCUT2D eigenvalue weighted by Crippen LogP contribution is 2.29. The molecule has 0 fully saturated rings. The lowest BCUT2D eigenvalue weighted by atomic mass is 10.1. The van der Waals surface area contributed by atoms with Crippen LogP contribution in [0.15, 0.2) is 30.6 Å². The molecule has 0 spiro atoms. The molecule has 0 saturated heterocycles. The molecule has 0 unspecified atom stereocenters. The number of hydrogen-bond donors (Lipinski definition) is 2. The summed E-state index contributed by atoms with van der Waals surface area (Å²) >= 11 is 0. The van der Waals surface area contributed by atoms with Crippen LogP contribution in [0.25, 0.3) is 0 Å². The van der Waals surface area contributed by atoms with Crippen molar-refractivity contribution in [3.8, 4) is 5.88 Å². The first-order valence-electron chi connectivity index (χ1n) is 7.34. The van der Waals surface area contributed by atoms with Crippen molar-refractivity contribution in [2.75, 3.05) is 17.7 Å². The molecule has 0 amide bonds. The number of aryl methyl sites for hydroxylation is 1. The molecular weight excluding hydrogens is 264 g/mol. The maximum absolute atomic E-state index is 6.08. The molecule has 3 N–H and O–H groups in total. The lowest BCUT2D eigenvalue weighted by Gasteiger charge is -2.14. The van der Waals surface area contributed by atoms with Crippen LogP contribution in [0.5, 0.6) is 5.88 Å². The molecule has 5 heteroatoms. The highest BCUT2D eigenvalue weighted by Gasteiger charge is 2.10. The number of nitrogens with zero attached hydrogens (tertiary/aromatic N) is 2. The van der Waals surface area contributed by atoms with Crippen molar-refractivity contribution < 1.29 is 4.74 Å². The fourth-order valence-electron chi connectivity index (χ4n) is 2.05. The molecule has 0 atom stereocenters. The number of aromatic nitrogens is 2. The average Bonchev–Trinajstić information content (AvgIpc) is 2.50. The quantitative estimate of drug-likeness (QED) is 0.814. The Balaban J connectivity index is 2.23. The van der Waals surface area contributed by atoms with E-state index in [9.17, 15) is 0 Å². The van der Waals surface area contributed by atoms with Gasteiger partial charge in [-0.25, -0.2) is 4.98 Å². The SMILES string of the molecule is CCCOc1ncnc(Nc2ccccc2CCC)c1N. The molecule has 0 bridgehead atoms. The Labute approximate surface area is 125 Å². The van der Waals surface area contributed by atoms with E-state index in [4.69, 9.17) is 10.5 Å². The van der Waals surface area contributed by atoms with Gasteiger partial charge in [-0.05, 0) is 24.5 Å². The Bertz CT molecular complexity index is 586. The smallest absolute Gasteiger partial charge is 0.242 e. The number of rotatable bonds is 7. The molecule has 112 valence electrons. The van der Waals surface area contributed by atoms with Gasteiger partial charge in [-0.2, -0.15) is 4.98 Å². The zero-order chi connectivity index (χ0) is 15.1. The number of benzene rings is 1. The van der Waals surface area contributed by atoms with Crippen molar-refractivity contribution in [3.05, 3.63) is 36.2 Å². The Morgan fingerprint density at radius 3 is 2.71 bits per heavy atom. The van der Waals surface area contributed by atoms with Gasteiger partial charge in [0, 0.05) is 5.69 Å². The van der Waals surface area contributed by atoms with Crippen molar-refractivity contribution in [1.29, 1.82) is 0 Å². The largest absolute Gasteiger partial charge is 0.476 e. The molecular formula is C16H22N4O. The first-order valence-corrected chi connectivity index (χ1v) is 7.34. The van der Waals surface area contributed by atoms with Gasteiger partial charge in [0.2, 0.25) is 5.88 Å². The summed E-state index contributed by atoms with van der Waals surface area (Å²) in [5.74, 6) is 1.02. The second kappa shape index (κ2) is 7.47. The molecule has 1 aromatic heterocycles. The Morgan fingerprint density at radius 2 is 1.95 bits per heavy atom. The van der Waals surface area contributed by atoms with Crippen molar-refractivity contribution in [3.63, 3.8) is 0 Å². The van der Waals surface area contributed by atoms with E-state index < -0.39 is 0 Å². The summed E-state index contributed by atoms with van der Waals surface area (Å²) in [4.78, 5) is 8.29. The van der Waals surface area contributed by atoms with Crippen LogP contribution < -0.4 is 15.8 Å². The number of nitrogen functional groups attached to an aromatic ring is 1. The lowest BCUT2D eigenvalue weighted by molar-refractivity contribution is 0.307. The Kier molecular flexibility index (Phi) is 5.37. The van der Waals surface area contributed by atoms with E-state index in [0.29, 0.717) is 24.0 Å². The Hall–Kier alpha value is -2.30. The molecule has 1 aromatic carbocycles. The van der Waals surface area contributed by atoms with Gasteiger partial charge < -0.3 is 15.8 Å². The van der Waals surface area contributed by atoms with Crippen LogP contribution in [0.2, 0.25) is 0 Å². The highest BCUT2D eigenvalue weighted by molar-refractivity contribution is 5.73. The van der Waals surface area contributed by atoms with Gasteiger partial charge in [-0.3, -0.25) is 0 Å². The molecule has 2 aromatic rings. The third-order valence-corrected chi connectivity index (χ3v) is 3.08. The number of para-hydroxylation sites is 1. The van der Waals surface area contributed by atoms with Crippen LogP contribution in [-0.2, 0) is 6.42 Å². The summed E-state index contributed by atoms with van der Waals surface area (Å²) < 4.78 is 5.53. The van der Waals surface area contributed by atoms with Gasteiger partial charge in [-0.1, -0.05) is 38.5 Å². The maximum Gasteiger partial charge on any atom is 0.242 e. The van der Waals surface area contributed by atoms with Crippen LogP contribution in [0, 0.1) is 0 Å². The van der Waals surface area contributed by atoms with Crippen molar-refractivity contribution >= 4 is 17.2 Å². The topological polar surface area (TPSA) is 73.1 Å². The molecule has 21 heavy (non-hydrogen) atoms. The van der Waals surface area contributed by atoms with Crippen LogP contribution in [-0.4, -0.2) is 16.6 Å². The zero-order valence-electron chi connectivity index (χ0n) is 12.6. The van der Waals surface area contributed by atoms with E-state index in [1.807, 2.05) is 25.1 Å². The molecule has 1 heterocycles. The minimum atomic E-state index is 0.433. The highest BCUT2D eigenvalue weighted by atomic mass is 16.5. The molecule has 0 aliphatic rings. The van der Waals surface area contributed by atoms with E-state index in [1.54, 1.807) is 0 Å². The number of anilines is 3. The first-order chi connectivity index (χ1) is 10.3. The van der Waals surface area contributed by atoms with E-state index in [2.05, 4.69) is 28.3 Å². The predicted molar refractivity (Wildman–Crippen MR) is 86.0 cm³/mol. The van der Waals surface area contributed by atoms with Crippen molar-refractivity contribution in [2.45, 2.75) is 33.1 Å². The predicted octanol–water partition coefficient (Wildman–Crippen LogP) is 3.54. The van der Waals surface area contributed by atoms with E-state index in [1.165, 1.54) is 11.9 Å². The molecule has 0 aliphatic carbocycles. The summed E-state index contributed by atoms with van der Waals surface area (Å²) in [6.45, 7) is 4.79. The summed E-state index contributed by atoms with van der Waals surface area (Å²) in [7, 11) is 0. The monoisotopic (exact) mass is 286 g/mol. The second-order valence-corrected chi connectivity index (χ2v) is 4.82. The van der Waals surface area contributed by atoms with Crippen LogP contribution in [0.3, 0.4) is 0 Å². The van der Waals surface area contributed by atoms with Crippen LogP contribution >= 0.6 is 0 Å². The minimum absolute atomic E-state index is 0.433. The number of nitrogens with one attached hydrogen (secondary N) is 1. The molecule has 0 radical (unpaired) electrons. The molecule has 5 nitrogen and oxygen atoms in total. The normalized spacial score (nSPS) is 10.4. The van der Waals surface area contributed by atoms with Gasteiger partial charge in [0.15, 0.2) is 5.82 Å². The van der Waals surface area contributed by atoms with E-state index in [0.717, 1.165) is 24.9 Å². The summed E-state index contributed by atoms with van der Waals surface area (Å²) in [5, 5.41) is 3.29. The van der Waals surface area contributed by atoms with Crippen molar-refractivity contribution in [1.82, 2.24) is 9.97 Å². The lowest BCUT2D eigenvalue weighted by Crippen LogP contribution is -2.06. The first kappa shape index (κ1) is 15.1. The summed E-state index contributed by atoms with van der Waals surface area (Å²) in [6, 6.07) is 8.17. The molecule has 2 rings (SSSR count). The minimum Gasteiger partial charge on any atom is -0.476 e. The average molecular weight is 286 g/mol. The molecule has 0 aliphatic heterocycles. The van der Waals surface area contributed by atoms with Gasteiger partial charge in [0.05, 0.1) is 6.61 Å². The molecule has 0 saturated carbocycles. The summed E-state index contributed by atoms with van der Waals surface area (Å²) in [5.41, 5.74) is 8.79. The van der Waals surface area contributed by atoms with Crippen LogP contribution in [0.4, 0.5) is 17.2 Å². The fourth-order valence-corrected chi connectivity index (χ4v) is 2.05. The zero-order valence-corrected chi connectivity index (χ0v) is 12.6. The van der Waals surface area contributed by atoms with Gasteiger partial charge in [-0.15, -0.1) is 0 Å². The second-order valence-electron chi connectivity index (χ2n) is 4.82. The van der Waals surface area contributed by atoms with Gasteiger partial charge >= 0.3 is 0 Å². The maximum atomic E-state index is 6.08.